The van der Waals surface area contributed by atoms with Crippen molar-refractivity contribution in [2.75, 3.05) is 7.11 Å². The van der Waals surface area contributed by atoms with Gasteiger partial charge >= 0.3 is 5.97 Å². The Hall–Kier alpha value is -1.68. The van der Waals surface area contributed by atoms with Gasteiger partial charge in [-0.25, -0.2) is 4.79 Å². The Morgan fingerprint density at radius 2 is 2.05 bits per heavy atom. The molecule has 108 valence electrons. The summed E-state index contributed by atoms with van der Waals surface area (Å²) < 4.78 is 11.2. The molecule has 0 saturated heterocycles. The minimum atomic E-state index is -1.02. The average Bonchev–Trinajstić information content (AvgIpc) is 2.90. The number of hydrogen-bond acceptors (Lipinski definition) is 3. The molecule has 0 radical (unpaired) electrons. The lowest BCUT2D eigenvalue weighted by atomic mass is 10.1. The summed E-state index contributed by atoms with van der Waals surface area (Å²) in [5, 5.41) is 9.09. The number of carboxylic acids is 1. The van der Waals surface area contributed by atoms with Gasteiger partial charge in [-0.1, -0.05) is 11.6 Å². The summed E-state index contributed by atoms with van der Waals surface area (Å²) in [6.07, 6.45) is 7.13. The Morgan fingerprint density at radius 3 is 2.65 bits per heavy atom. The Labute approximate surface area is 123 Å². The van der Waals surface area contributed by atoms with Crippen LogP contribution in [-0.4, -0.2) is 24.3 Å². The van der Waals surface area contributed by atoms with E-state index in [2.05, 4.69) is 0 Å². The summed E-state index contributed by atoms with van der Waals surface area (Å²) in [5.41, 5.74) is 0.588. The number of carbonyl (C=O) groups is 1. The van der Waals surface area contributed by atoms with E-state index < -0.39 is 5.97 Å². The van der Waals surface area contributed by atoms with Crippen molar-refractivity contribution >= 4 is 23.6 Å². The van der Waals surface area contributed by atoms with E-state index in [0.717, 1.165) is 18.9 Å². The zero-order valence-electron chi connectivity index (χ0n) is 11.3. The van der Waals surface area contributed by atoms with Crippen LogP contribution >= 0.6 is 11.6 Å². The molecule has 0 amide bonds. The summed E-state index contributed by atoms with van der Waals surface area (Å²) in [5.74, 6) is 0.148. The molecule has 0 spiro atoms. The molecule has 1 fully saturated rings. The molecule has 20 heavy (non-hydrogen) atoms. The molecule has 0 aliphatic heterocycles. The first-order valence-electron chi connectivity index (χ1n) is 6.55. The number of hydrogen-bond donors (Lipinski definition) is 1. The molecule has 4 nitrogen and oxygen atoms in total. The summed E-state index contributed by atoms with van der Waals surface area (Å²) in [6.45, 7) is 0. The smallest absolute Gasteiger partial charge is 0.328 e. The zero-order chi connectivity index (χ0) is 14.5. The second-order valence-corrected chi connectivity index (χ2v) is 5.13. The van der Waals surface area contributed by atoms with Crippen LogP contribution in [0.2, 0.25) is 5.02 Å². The molecule has 5 heteroatoms. The van der Waals surface area contributed by atoms with Crippen molar-refractivity contribution in [2.24, 2.45) is 0 Å². The van der Waals surface area contributed by atoms with Crippen LogP contribution in [0.3, 0.4) is 0 Å². The van der Waals surface area contributed by atoms with Gasteiger partial charge in [-0.3, -0.25) is 0 Å². The maximum atomic E-state index is 10.5. The van der Waals surface area contributed by atoms with E-state index in [9.17, 15) is 4.79 Å². The number of carboxylic acid groups (broad SMARTS) is 1. The van der Waals surface area contributed by atoms with Gasteiger partial charge in [0.1, 0.15) is 0 Å². The summed E-state index contributed by atoms with van der Waals surface area (Å²) in [4.78, 5) is 10.5. The Morgan fingerprint density at radius 1 is 1.35 bits per heavy atom. The highest BCUT2D eigenvalue weighted by molar-refractivity contribution is 6.32. The molecule has 1 N–H and O–H groups in total. The number of ether oxygens (including phenoxy) is 2. The Bertz CT molecular complexity index is 519. The lowest BCUT2D eigenvalue weighted by molar-refractivity contribution is -0.131. The number of rotatable bonds is 5. The maximum absolute atomic E-state index is 10.5. The largest absolute Gasteiger partial charge is 0.493 e. The highest BCUT2D eigenvalue weighted by atomic mass is 35.5. The molecule has 1 aromatic carbocycles. The van der Waals surface area contributed by atoms with Crippen molar-refractivity contribution in [3.63, 3.8) is 0 Å². The lowest BCUT2D eigenvalue weighted by Gasteiger charge is -2.17. The van der Waals surface area contributed by atoms with Crippen molar-refractivity contribution in [3.8, 4) is 11.5 Å². The molecule has 0 bridgehead atoms. The van der Waals surface area contributed by atoms with Gasteiger partial charge in [-0.2, -0.15) is 0 Å². The average molecular weight is 297 g/mol. The molecular formula is C15H17ClO4. The van der Waals surface area contributed by atoms with Gasteiger partial charge in [0.2, 0.25) is 0 Å². The van der Waals surface area contributed by atoms with Crippen LogP contribution in [-0.2, 0) is 4.79 Å². The molecule has 0 unspecified atom stereocenters. The van der Waals surface area contributed by atoms with Crippen molar-refractivity contribution < 1.29 is 19.4 Å². The van der Waals surface area contributed by atoms with Crippen LogP contribution in [0.15, 0.2) is 18.2 Å². The van der Waals surface area contributed by atoms with Crippen molar-refractivity contribution in [1.82, 2.24) is 0 Å². The fourth-order valence-electron chi connectivity index (χ4n) is 2.28. The van der Waals surface area contributed by atoms with Gasteiger partial charge in [0.15, 0.2) is 11.5 Å². The van der Waals surface area contributed by atoms with E-state index in [1.165, 1.54) is 18.9 Å². The minimum Gasteiger partial charge on any atom is -0.493 e. The van der Waals surface area contributed by atoms with Crippen LogP contribution in [0.1, 0.15) is 31.2 Å². The molecule has 1 aliphatic rings. The first-order chi connectivity index (χ1) is 9.60. The fraction of sp³-hybridized carbons (Fsp3) is 0.400. The van der Waals surface area contributed by atoms with E-state index in [1.807, 2.05) is 0 Å². The van der Waals surface area contributed by atoms with Crippen LogP contribution in [0.25, 0.3) is 6.08 Å². The molecule has 0 atom stereocenters. The van der Waals surface area contributed by atoms with Crippen LogP contribution < -0.4 is 9.47 Å². The van der Waals surface area contributed by atoms with E-state index in [4.69, 9.17) is 26.2 Å². The van der Waals surface area contributed by atoms with E-state index in [-0.39, 0.29) is 6.10 Å². The topological polar surface area (TPSA) is 55.8 Å². The monoisotopic (exact) mass is 296 g/mol. The van der Waals surface area contributed by atoms with Crippen molar-refractivity contribution in [1.29, 1.82) is 0 Å². The third-order valence-corrected chi connectivity index (χ3v) is 3.61. The highest BCUT2D eigenvalue weighted by Gasteiger charge is 2.19. The summed E-state index contributed by atoms with van der Waals surface area (Å²) in [7, 11) is 1.55. The van der Waals surface area contributed by atoms with Gasteiger partial charge in [-0.15, -0.1) is 0 Å². The zero-order valence-corrected chi connectivity index (χ0v) is 12.0. The van der Waals surface area contributed by atoms with E-state index in [1.54, 1.807) is 19.2 Å². The lowest BCUT2D eigenvalue weighted by Crippen LogP contribution is -2.11. The first kappa shape index (κ1) is 14.7. The van der Waals surface area contributed by atoms with E-state index >= 15 is 0 Å². The quantitative estimate of drug-likeness (QED) is 0.840. The summed E-state index contributed by atoms with van der Waals surface area (Å²) in [6, 6.07) is 3.37. The standard InChI is InChI=1S/C15H17ClO4/c1-19-13-8-10(6-7-15(17)18)12(16)9-14(13)20-11-4-2-3-5-11/h6-9,11H,2-5H2,1H3,(H,17,18)/b7-6+. The SMILES string of the molecule is COc1cc(/C=C/C(=O)O)c(Cl)cc1OC1CCCC1. The molecular weight excluding hydrogens is 280 g/mol. The van der Waals surface area contributed by atoms with Gasteiger partial charge in [0.25, 0.3) is 0 Å². The highest BCUT2D eigenvalue weighted by Crippen LogP contribution is 2.36. The molecule has 2 rings (SSSR count). The molecule has 0 heterocycles. The third kappa shape index (κ3) is 3.67. The van der Waals surface area contributed by atoms with Gasteiger partial charge < -0.3 is 14.6 Å². The molecule has 1 aliphatic carbocycles. The first-order valence-corrected chi connectivity index (χ1v) is 6.93. The predicted octanol–water partition coefficient (Wildman–Crippen LogP) is 3.77. The molecule has 0 aromatic heterocycles. The van der Waals surface area contributed by atoms with Gasteiger partial charge in [0, 0.05) is 12.1 Å². The maximum Gasteiger partial charge on any atom is 0.328 e. The van der Waals surface area contributed by atoms with Gasteiger partial charge in [-0.05, 0) is 43.4 Å². The van der Waals surface area contributed by atoms with E-state index in [0.29, 0.717) is 22.1 Å². The summed E-state index contributed by atoms with van der Waals surface area (Å²) >= 11 is 6.15. The normalized spacial score (nSPS) is 15.7. The van der Waals surface area contributed by atoms with Crippen LogP contribution in [0.4, 0.5) is 0 Å². The Kier molecular flexibility index (Phi) is 4.90. The van der Waals surface area contributed by atoms with Gasteiger partial charge in [0.05, 0.1) is 18.2 Å². The predicted molar refractivity (Wildman–Crippen MR) is 77.6 cm³/mol. The van der Waals surface area contributed by atoms with Crippen LogP contribution in [0, 0.1) is 0 Å². The Balaban J connectivity index is 2.24. The third-order valence-electron chi connectivity index (χ3n) is 3.28. The second-order valence-electron chi connectivity index (χ2n) is 4.72. The number of benzene rings is 1. The number of aliphatic carboxylic acids is 1. The van der Waals surface area contributed by atoms with Crippen molar-refractivity contribution in [3.05, 3.63) is 28.8 Å². The van der Waals surface area contributed by atoms with Crippen LogP contribution in [0.5, 0.6) is 11.5 Å². The molecule has 1 aromatic rings. The fourth-order valence-corrected chi connectivity index (χ4v) is 2.49. The number of methoxy groups -OCH3 is 1. The van der Waals surface area contributed by atoms with Crippen molar-refractivity contribution in [2.45, 2.75) is 31.8 Å². The number of halogens is 1. The minimum absolute atomic E-state index is 0.209. The molecule has 1 saturated carbocycles. The second kappa shape index (κ2) is 6.66.